The number of rotatable bonds is 4. The van der Waals surface area contributed by atoms with E-state index in [1.807, 2.05) is 6.92 Å². The second-order valence-electron chi connectivity index (χ2n) is 6.19. The Morgan fingerprint density at radius 2 is 1.65 bits per heavy atom. The molecule has 1 aromatic carbocycles. The molecule has 5 heteroatoms. The zero-order valence-corrected chi connectivity index (χ0v) is 13.3. The zero-order chi connectivity index (χ0) is 16.4. The van der Waals surface area contributed by atoms with Gasteiger partial charge in [0, 0.05) is 0 Å². The summed E-state index contributed by atoms with van der Waals surface area (Å²) in [6.07, 6.45) is 4.39. The predicted molar refractivity (Wildman–Crippen MR) is 85.0 cm³/mol. The molecule has 2 fully saturated rings. The van der Waals surface area contributed by atoms with E-state index >= 15 is 0 Å². The molecule has 1 heterocycles. The summed E-state index contributed by atoms with van der Waals surface area (Å²) in [5.74, 6) is -0.899. The maximum absolute atomic E-state index is 12.5. The highest BCUT2D eigenvalue weighted by molar-refractivity contribution is 6.22. The molecule has 0 radical (unpaired) electrons. The van der Waals surface area contributed by atoms with E-state index in [1.165, 1.54) is 4.90 Å². The highest BCUT2D eigenvalue weighted by Gasteiger charge is 2.48. The van der Waals surface area contributed by atoms with Crippen molar-refractivity contribution in [3.8, 4) is 0 Å². The molecule has 23 heavy (non-hydrogen) atoms. The molecule has 0 bridgehead atoms. The van der Waals surface area contributed by atoms with Crippen LogP contribution in [-0.2, 0) is 14.3 Å². The number of hydrogen-bond acceptors (Lipinski definition) is 4. The maximum Gasteiger partial charge on any atom is 0.338 e. The Balaban J connectivity index is 1.78. The molecule has 1 aliphatic heterocycles. The lowest BCUT2D eigenvalue weighted by molar-refractivity contribution is -0.122. The molecule has 0 N–H and O–H groups in total. The third-order valence-corrected chi connectivity index (χ3v) is 4.64. The van der Waals surface area contributed by atoms with Gasteiger partial charge in [0.1, 0.15) is 0 Å². The van der Waals surface area contributed by atoms with Crippen molar-refractivity contribution in [3.05, 3.63) is 29.8 Å². The van der Waals surface area contributed by atoms with Crippen LogP contribution in [0.2, 0.25) is 0 Å². The maximum atomic E-state index is 12.5. The van der Waals surface area contributed by atoms with Gasteiger partial charge < -0.3 is 4.74 Å². The molecular formula is C18H21NO4. The van der Waals surface area contributed by atoms with Crippen molar-refractivity contribution in [1.29, 1.82) is 0 Å². The molecule has 0 unspecified atom stereocenters. The van der Waals surface area contributed by atoms with Crippen molar-refractivity contribution in [3.63, 3.8) is 0 Å². The number of anilines is 1. The molecule has 2 atom stereocenters. The minimum atomic E-state index is -0.383. The van der Waals surface area contributed by atoms with E-state index in [0.717, 1.165) is 32.1 Å². The molecule has 2 aliphatic rings. The average Bonchev–Trinajstić information content (AvgIpc) is 2.84. The Hall–Kier alpha value is -2.17. The van der Waals surface area contributed by atoms with Crippen LogP contribution in [0.1, 0.15) is 49.4 Å². The van der Waals surface area contributed by atoms with Crippen LogP contribution in [0.5, 0.6) is 0 Å². The second kappa shape index (κ2) is 6.52. The number of benzene rings is 1. The monoisotopic (exact) mass is 315 g/mol. The van der Waals surface area contributed by atoms with Crippen LogP contribution in [-0.4, -0.2) is 24.4 Å². The molecule has 1 aliphatic carbocycles. The van der Waals surface area contributed by atoms with E-state index in [4.69, 9.17) is 4.74 Å². The zero-order valence-electron chi connectivity index (χ0n) is 13.3. The first-order chi connectivity index (χ1) is 11.1. The molecule has 1 aromatic rings. The van der Waals surface area contributed by atoms with Crippen molar-refractivity contribution in [2.45, 2.75) is 39.0 Å². The molecule has 3 rings (SSSR count). The lowest BCUT2D eigenvalue weighted by Gasteiger charge is -2.19. The summed E-state index contributed by atoms with van der Waals surface area (Å²) < 4.78 is 5.08. The van der Waals surface area contributed by atoms with Gasteiger partial charge in [-0.2, -0.15) is 0 Å². The van der Waals surface area contributed by atoms with Crippen molar-refractivity contribution in [2.24, 2.45) is 11.8 Å². The summed E-state index contributed by atoms with van der Waals surface area (Å²) in [6, 6.07) is 6.51. The van der Waals surface area contributed by atoms with Crippen LogP contribution < -0.4 is 4.90 Å². The normalized spacial score (nSPS) is 23.8. The van der Waals surface area contributed by atoms with Gasteiger partial charge in [-0.15, -0.1) is 0 Å². The van der Waals surface area contributed by atoms with Gasteiger partial charge in [-0.25, -0.2) is 4.79 Å². The summed E-state index contributed by atoms with van der Waals surface area (Å²) in [7, 11) is 0. The number of amides is 2. The Kier molecular flexibility index (Phi) is 4.46. The molecule has 5 nitrogen and oxygen atoms in total. The minimum Gasteiger partial charge on any atom is -0.462 e. The molecule has 0 spiro atoms. The third kappa shape index (κ3) is 2.87. The minimum absolute atomic E-state index is 0.0963. The van der Waals surface area contributed by atoms with Gasteiger partial charge in [-0.1, -0.05) is 19.8 Å². The third-order valence-electron chi connectivity index (χ3n) is 4.64. The van der Waals surface area contributed by atoms with Crippen molar-refractivity contribution in [1.82, 2.24) is 0 Å². The van der Waals surface area contributed by atoms with E-state index in [-0.39, 0.29) is 29.6 Å². The summed E-state index contributed by atoms with van der Waals surface area (Å²) in [5.41, 5.74) is 0.972. The number of hydrogen-bond donors (Lipinski definition) is 0. The van der Waals surface area contributed by atoms with E-state index in [2.05, 4.69) is 0 Å². The van der Waals surface area contributed by atoms with Crippen molar-refractivity contribution in [2.75, 3.05) is 11.5 Å². The molecule has 122 valence electrons. The average molecular weight is 315 g/mol. The van der Waals surface area contributed by atoms with Gasteiger partial charge in [-0.3, -0.25) is 14.5 Å². The summed E-state index contributed by atoms with van der Waals surface area (Å²) in [5, 5.41) is 0. The number of imide groups is 1. The van der Waals surface area contributed by atoms with Crippen LogP contribution >= 0.6 is 0 Å². The quantitative estimate of drug-likeness (QED) is 0.633. The van der Waals surface area contributed by atoms with Gasteiger partial charge in [0.05, 0.1) is 29.7 Å². The van der Waals surface area contributed by atoms with Crippen molar-refractivity contribution >= 4 is 23.5 Å². The van der Waals surface area contributed by atoms with E-state index in [1.54, 1.807) is 24.3 Å². The Bertz CT molecular complexity index is 598. The first kappa shape index (κ1) is 15.7. The Morgan fingerprint density at radius 3 is 2.17 bits per heavy atom. The lowest BCUT2D eigenvalue weighted by atomic mass is 9.81. The number of fused-ring (bicyclic) bond motifs is 1. The predicted octanol–water partition coefficient (Wildman–Crippen LogP) is 2.93. The standard InChI is InChI=1S/C18H21NO4/c1-2-11-23-18(22)12-7-9-13(10-8-12)19-16(20)14-5-3-4-6-15(14)17(19)21/h7-10,14-15H,2-6,11H2,1H3/t14-,15+. The second-order valence-corrected chi connectivity index (χ2v) is 6.19. The number of carbonyl (C=O) groups excluding carboxylic acids is 3. The van der Waals surface area contributed by atoms with Gasteiger partial charge >= 0.3 is 5.97 Å². The summed E-state index contributed by atoms with van der Waals surface area (Å²) >= 11 is 0. The fourth-order valence-electron chi connectivity index (χ4n) is 3.44. The van der Waals surface area contributed by atoms with Crippen LogP contribution in [0.15, 0.2) is 24.3 Å². The number of nitrogens with zero attached hydrogens (tertiary/aromatic N) is 1. The molecule has 2 amide bonds. The number of carbonyl (C=O) groups is 3. The van der Waals surface area contributed by atoms with Crippen LogP contribution in [0.4, 0.5) is 5.69 Å². The smallest absolute Gasteiger partial charge is 0.338 e. The highest BCUT2D eigenvalue weighted by Crippen LogP contribution is 2.40. The van der Waals surface area contributed by atoms with Gasteiger partial charge in [0.25, 0.3) is 0 Å². The summed E-state index contributed by atoms with van der Waals surface area (Å²) in [6.45, 7) is 2.31. The fourth-order valence-corrected chi connectivity index (χ4v) is 3.44. The number of esters is 1. The van der Waals surface area contributed by atoms with Gasteiger partial charge in [0.15, 0.2) is 0 Å². The Labute approximate surface area is 135 Å². The molecule has 0 aromatic heterocycles. The molecule has 1 saturated heterocycles. The van der Waals surface area contributed by atoms with Crippen LogP contribution in [0, 0.1) is 11.8 Å². The van der Waals surface area contributed by atoms with Gasteiger partial charge in [0.2, 0.25) is 11.8 Å². The topological polar surface area (TPSA) is 63.7 Å². The SMILES string of the molecule is CCCOC(=O)c1ccc(N2C(=O)[C@H]3CCCC[C@H]3C2=O)cc1. The largest absolute Gasteiger partial charge is 0.462 e. The first-order valence-corrected chi connectivity index (χ1v) is 8.28. The van der Waals surface area contributed by atoms with Crippen LogP contribution in [0.3, 0.4) is 0 Å². The lowest BCUT2D eigenvalue weighted by Crippen LogP contribution is -2.30. The first-order valence-electron chi connectivity index (χ1n) is 8.28. The van der Waals surface area contributed by atoms with Gasteiger partial charge in [-0.05, 0) is 43.5 Å². The highest BCUT2D eigenvalue weighted by atomic mass is 16.5. The Morgan fingerprint density at radius 1 is 1.09 bits per heavy atom. The van der Waals surface area contributed by atoms with E-state index in [9.17, 15) is 14.4 Å². The van der Waals surface area contributed by atoms with E-state index < -0.39 is 0 Å². The fraction of sp³-hybridized carbons (Fsp3) is 0.500. The van der Waals surface area contributed by atoms with Crippen molar-refractivity contribution < 1.29 is 19.1 Å². The molecular weight excluding hydrogens is 294 g/mol. The number of ether oxygens (including phenoxy) is 1. The van der Waals surface area contributed by atoms with E-state index in [0.29, 0.717) is 17.9 Å². The summed E-state index contributed by atoms with van der Waals surface area (Å²) in [4.78, 5) is 38.1. The van der Waals surface area contributed by atoms with Crippen LogP contribution in [0.25, 0.3) is 0 Å². The molecule has 1 saturated carbocycles.